The average molecular weight is 462 g/mol. The highest BCUT2D eigenvalue weighted by molar-refractivity contribution is 5.88. The molecule has 178 valence electrons. The molecule has 2 heterocycles. The molecule has 0 spiro atoms. The number of hydrogen-bond acceptors (Lipinski definition) is 3. The second-order valence-electron chi connectivity index (χ2n) is 9.20. The van der Waals surface area contributed by atoms with Gasteiger partial charge in [0.1, 0.15) is 18.2 Å². The normalized spacial score (nSPS) is 19.7. The number of alkyl halides is 1. The molecule has 1 N–H and O–H groups in total. The summed E-state index contributed by atoms with van der Waals surface area (Å²) < 4.78 is 19.0. The van der Waals surface area contributed by atoms with Gasteiger partial charge in [-0.15, -0.1) is 0 Å². The molecule has 6 heteroatoms. The lowest BCUT2D eigenvalue weighted by Crippen LogP contribution is -2.31. The van der Waals surface area contributed by atoms with Gasteiger partial charge in [-0.3, -0.25) is 9.18 Å². The van der Waals surface area contributed by atoms with E-state index in [4.69, 9.17) is 4.74 Å². The third kappa shape index (κ3) is 5.06. The zero-order chi connectivity index (χ0) is 23.3. The quantitative estimate of drug-likeness (QED) is 0.372. The molecule has 1 fully saturated rings. The minimum atomic E-state index is -0.255. The molecule has 1 unspecified atom stereocenters. The molecule has 1 aliphatic carbocycles. The maximum absolute atomic E-state index is 13.1. The summed E-state index contributed by atoms with van der Waals surface area (Å²) >= 11 is 0. The van der Waals surface area contributed by atoms with Crippen molar-refractivity contribution in [2.75, 3.05) is 19.8 Å². The van der Waals surface area contributed by atoms with Crippen LogP contribution in [0, 0.1) is 5.92 Å². The predicted octanol–water partition coefficient (Wildman–Crippen LogP) is 6.19. The fourth-order valence-corrected chi connectivity index (χ4v) is 4.85. The standard InChI is InChI=1S/C28H30FN3O2.H2/c29-18-21-3-1-2-20(4-5-21)16-27(33)32-14-15-34-26-11-10-24(17-25(26)19-32)22-6-8-23(9-7-22)28-30-12-13-31-28;/h6-13,16-17,21H,1-5,14-15,18-19H2,(H,30,31);1H/b20-16+;. The van der Waals surface area contributed by atoms with Crippen LogP contribution in [0.1, 0.15) is 39.1 Å². The molecule has 34 heavy (non-hydrogen) atoms. The first-order valence-electron chi connectivity index (χ1n) is 12.1. The summed E-state index contributed by atoms with van der Waals surface area (Å²) in [7, 11) is 0. The Morgan fingerprint density at radius 3 is 2.76 bits per heavy atom. The largest absolute Gasteiger partial charge is 0.491 e. The number of halogens is 1. The van der Waals surface area contributed by atoms with Crippen LogP contribution in [0.2, 0.25) is 0 Å². The number of nitrogens with zero attached hydrogens (tertiary/aromatic N) is 2. The Labute approximate surface area is 201 Å². The molecule has 5 nitrogen and oxygen atoms in total. The molecule has 5 rings (SSSR count). The number of carbonyl (C=O) groups is 1. The summed E-state index contributed by atoms with van der Waals surface area (Å²) in [5, 5.41) is 0. The zero-order valence-corrected chi connectivity index (χ0v) is 19.3. The van der Waals surface area contributed by atoms with E-state index >= 15 is 0 Å². The number of aromatic amines is 1. The Morgan fingerprint density at radius 2 is 1.97 bits per heavy atom. The summed E-state index contributed by atoms with van der Waals surface area (Å²) in [6, 6.07) is 14.5. The third-order valence-corrected chi connectivity index (χ3v) is 6.87. The first-order valence-corrected chi connectivity index (χ1v) is 12.1. The first-order chi connectivity index (χ1) is 16.7. The lowest BCUT2D eigenvalue weighted by Gasteiger charge is -2.19. The van der Waals surface area contributed by atoms with Gasteiger partial charge in [0.15, 0.2) is 0 Å². The van der Waals surface area contributed by atoms with Gasteiger partial charge in [0.25, 0.3) is 0 Å². The smallest absolute Gasteiger partial charge is 0.246 e. The van der Waals surface area contributed by atoms with Gasteiger partial charge in [-0.25, -0.2) is 4.98 Å². The number of amides is 1. The second-order valence-corrected chi connectivity index (χ2v) is 9.20. The molecule has 1 atom stereocenters. The number of hydrogen-bond donors (Lipinski definition) is 1. The van der Waals surface area contributed by atoms with Crippen LogP contribution in [0.3, 0.4) is 0 Å². The number of aromatic nitrogens is 2. The van der Waals surface area contributed by atoms with Crippen LogP contribution < -0.4 is 4.74 Å². The average Bonchev–Trinajstić information content (AvgIpc) is 3.20. The monoisotopic (exact) mass is 461 g/mol. The molecule has 1 saturated carbocycles. The molecule has 0 bridgehead atoms. The van der Waals surface area contributed by atoms with E-state index in [1.807, 2.05) is 17.2 Å². The zero-order valence-electron chi connectivity index (χ0n) is 19.3. The first kappa shape index (κ1) is 22.4. The highest BCUT2D eigenvalue weighted by Crippen LogP contribution is 2.31. The molecule has 1 aromatic heterocycles. The fraction of sp³-hybridized carbons (Fsp3) is 0.357. The van der Waals surface area contributed by atoms with Crippen molar-refractivity contribution in [3.05, 3.63) is 72.1 Å². The molecular weight excluding hydrogens is 429 g/mol. The minimum absolute atomic E-state index is 0. The third-order valence-electron chi connectivity index (χ3n) is 6.87. The van der Waals surface area contributed by atoms with Crippen molar-refractivity contribution in [1.82, 2.24) is 14.9 Å². The Hall–Kier alpha value is -3.41. The van der Waals surface area contributed by atoms with Gasteiger partial charge < -0.3 is 14.6 Å². The lowest BCUT2D eigenvalue weighted by molar-refractivity contribution is -0.126. The van der Waals surface area contributed by atoms with E-state index in [1.54, 1.807) is 12.3 Å². The van der Waals surface area contributed by atoms with Crippen LogP contribution in [0.15, 0.2) is 66.5 Å². The number of allylic oxidation sites excluding steroid dienone is 1. The van der Waals surface area contributed by atoms with E-state index in [9.17, 15) is 9.18 Å². The van der Waals surface area contributed by atoms with Crippen molar-refractivity contribution in [3.8, 4) is 28.3 Å². The number of nitrogens with one attached hydrogen (secondary N) is 1. The van der Waals surface area contributed by atoms with E-state index in [0.717, 1.165) is 71.5 Å². The van der Waals surface area contributed by atoms with E-state index in [-0.39, 0.29) is 19.9 Å². The van der Waals surface area contributed by atoms with Crippen LogP contribution in [-0.4, -0.2) is 40.6 Å². The number of benzene rings is 2. The van der Waals surface area contributed by atoms with Gasteiger partial charge >= 0.3 is 0 Å². The van der Waals surface area contributed by atoms with Gasteiger partial charge in [0.05, 0.1) is 13.2 Å². The van der Waals surface area contributed by atoms with Crippen LogP contribution >= 0.6 is 0 Å². The lowest BCUT2D eigenvalue weighted by atomic mass is 10.0. The molecule has 0 saturated heterocycles. The maximum atomic E-state index is 13.1. The molecule has 2 aromatic carbocycles. The van der Waals surface area contributed by atoms with E-state index < -0.39 is 0 Å². The SMILES string of the molecule is O=C(/C=C1\CCCC(CF)CC1)N1CCOc2ccc(-c3ccc(-c4ncc[nH]4)cc3)cc2C1.[HH]. The van der Waals surface area contributed by atoms with Crippen LogP contribution in [0.25, 0.3) is 22.5 Å². The molecule has 3 aromatic rings. The van der Waals surface area contributed by atoms with Crippen molar-refractivity contribution in [3.63, 3.8) is 0 Å². The minimum Gasteiger partial charge on any atom is -0.491 e. The molecule has 1 aliphatic heterocycles. The number of H-pyrrole nitrogens is 1. The highest BCUT2D eigenvalue weighted by atomic mass is 19.1. The predicted molar refractivity (Wildman–Crippen MR) is 133 cm³/mol. The Kier molecular flexibility index (Phi) is 6.74. The van der Waals surface area contributed by atoms with Gasteiger partial charge in [0, 0.05) is 37.6 Å². The molecule has 1 amide bonds. The summed E-state index contributed by atoms with van der Waals surface area (Å²) in [5.74, 6) is 1.85. The Bertz CT molecular complexity index is 1160. The molecular formula is C28H32FN3O2. The van der Waals surface area contributed by atoms with Crippen molar-refractivity contribution < 1.29 is 15.3 Å². The summed E-state index contributed by atoms with van der Waals surface area (Å²) in [6.45, 7) is 1.29. The Morgan fingerprint density at radius 1 is 1.15 bits per heavy atom. The van der Waals surface area contributed by atoms with E-state index in [0.29, 0.717) is 19.7 Å². The van der Waals surface area contributed by atoms with Crippen LogP contribution in [0.4, 0.5) is 4.39 Å². The van der Waals surface area contributed by atoms with Gasteiger partial charge in [-0.1, -0.05) is 35.9 Å². The van der Waals surface area contributed by atoms with E-state index in [1.165, 1.54) is 0 Å². The number of ether oxygens (including phenoxy) is 1. The number of fused-ring (bicyclic) bond motifs is 1. The van der Waals surface area contributed by atoms with Gasteiger partial charge in [-0.05, 0) is 61.3 Å². The van der Waals surface area contributed by atoms with Crippen molar-refractivity contribution >= 4 is 5.91 Å². The van der Waals surface area contributed by atoms with Gasteiger partial charge in [-0.2, -0.15) is 0 Å². The van der Waals surface area contributed by atoms with Crippen molar-refractivity contribution in [2.24, 2.45) is 5.92 Å². The summed E-state index contributed by atoms with van der Waals surface area (Å²) in [5.41, 5.74) is 5.38. The van der Waals surface area contributed by atoms with E-state index in [2.05, 4.69) is 46.4 Å². The second kappa shape index (κ2) is 10.2. The summed E-state index contributed by atoms with van der Waals surface area (Å²) in [6.07, 6.45) is 9.78. The van der Waals surface area contributed by atoms with Crippen molar-refractivity contribution in [1.29, 1.82) is 0 Å². The fourth-order valence-electron chi connectivity index (χ4n) is 4.85. The molecule has 2 aliphatic rings. The van der Waals surface area contributed by atoms with Crippen molar-refractivity contribution in [2.45, 2.75) is 38.6 Å². The number of imidazole rings is 1. The number of carbonyl (C=O) groups excluding carboxylic acids is 1. The highest BCUT2D eigenvalue weighted by Gasteiger charge is 2.21. The Balaban J connectivity index is 0.00000289. The summed E-state index contributed by atoms with van der Waals surface area (Å²) in [4.78, 5) is 22.4. The maximum Gasteiger partial charge on any atom is 0.246 e. The number of rotatable bonds is 4. The van der Waals surface area contributed by atoms with Crippen LogP contribution in [0.5, 0.6) is 5.75 Å². The topological polar surface area (TPSA) is 58.2 Å². The van der Waals surface area contributed by atoms with Gasteiger partial charge in [0.2, 0.25) is 5.91 Å². The molecule has 0 radical (unpaired) electrons. The van der Waals surface area contributed by atoms with Crippen LogP contribution in [-0.2, 0) is 11.3 Å².